The molecule has 3 aromatic heterocycles. The van der Waals surface area contributed by atoms with Gasteiger partial charge in [0.2, 0.25) is 0 Å². The van der Waals surface area contributed by atoms with E-state index in [0.29, 0.717) is 23.1 Å². The van der Waals surface area contributed by atoms with E-state index in [2.05, 4.69) is 81.9 Å². The van der Waals surface area contributed by atoms with Crippen molar-refractivity contribution >= 4 is 21.8 Å². The van der Waals surface area contributed by atoms with Crippen LogP contribution in [0.15, 0.2) is 170 Å². The third kappa shape index (κ3) is 7.13. The molecule has 0 unspecified atom stereocenters. The van der Waals surface area contributed by atoms with E-state index in [1.807, 2.05) is 42.6 Å². The van der Waals surface area contributed by atoms with E-state index in [1.165, 1.54) is 15.7 Å². The molecule has 0 aliphatic carbocycles. The van der Waals surface area contributed by atoms with Gasteiger partial charge in [0.25, 0.3) is 6.33 Å². The smallest absolute Gasteiger partial charge is 0.268 e. The van der Waals surface area contributed by atoms with Crippen molar-refractivity contribution in [3.63, 3.8) is 0 Å². The molecule has 5 nitrogen and oxygen atoms in total. The molecule has 0 aliphatic heterocycles. The molecule has 0 N–H and O–H groups in total. The van der Waals surface area contributed by atoms with Crippen molar-refractivity contribution in [2.24, 2.45) is 5.92 Å². The zero-order valence-corrected chi connectivity index (χ0v) is 32.4. The van der Waals surface area contributed by atoms with Gasteiger partial charge >= 0.3 is 0 Å². The van der Waals surface area contributed by atoms with E-state index in [0.717, 1.165) is 34.0 Å². The SMILES string of the molecule is [2H]c1c([2H])c([2H])c(-c2cccc(-c3c([2H])c([2H])c([2H])c([2H])c3[2H])c2-[n+]2[c-]n(-c3cccc(Oc4ccc5c6cc(C(C)(C)C)ccc6n(-c6cc(CC(C)C)ccn6)c5c4)c3)cc2)c([2H])c1[2H]. The number of aromatic nitrogens is 4. The Morgan fingerprint density at radius 1 is 0.737 bits per heavy atom. The number of hydrogen-bond donors (Lipinski definition) is 0. The molecule has 0 bridgehead atoms. The van der Waals surface area contributed by atoms with E-state index < -0.39 is 60.4 Å². The second-order valence-corrected chi connectivity index (χ2v) is 15.6. The van der Waals surface area contributed by atoms with Crippen molar-refractivity contribution in [1.29, 1.82) is 0 Å². The van der Waals surface area contributed by atoms with Crippen molar-refractivity contribution in [2.75, 3.05) is 0 Å². The van der Waals surface area contributed by atoms with Gasteiger partial charge in [-0.2, -0.15) is 0 Å². The Morgan fingerprint density at radius 2 is 1.44 bits per heavy atom. The number of nitrogens with zero attached hydrogens (tertiary/aromatic N) is 4. The van der Waals surface area contributed by atoms with Crippen LogP contribution in [0, 0.1) is 12.2 Å². The van der Waals surface area contributed by atoms with E-state index in [9.17, 15) is 0 Å². The summed E-state index contributed by atoms with van der Waals surface area (Å²) in [5.74, 6) is 2.43. The molecule has 0 amide bonds. The first-order valence-electron chi connectivity index (χ1n) is 24.0. The summed E-state index contributed by atoms with van der Waals surface area (Å²) in [4.78, 5) is 4.86. The van der Waals surface area contributed by atoms with Gasteiger partial charge in [-0.1, -0.05) is 125 Å². The summed E-state index contributed by atoms with van der Waals surface area (Å²) in [5, 5.41) is 2.18. The van der Waals surface area contributed by atoms with E-state index >= 15 is 0 Å². The predicted octanol–water partition coefficient (Wildman–Crippen LogP) is 12.7. The van der Waals surface area contributed by atoms with Gasteiger partial charge < -0.3 is 4.74 Å². The van der Waals surface area contributed by atoms with Gasteiger partial charge in [0.1, 0.15) is 17.3 Å². The largest absolute Gasteiger partial charge is 0.458 e. The maximum atomic E-state index is 8.86. The first kappa shape index (κ1) is 26.2. The van der Waals surface area contributed by atoms with Crippen molar-refractivity contribution in [3.05, 3.63) is 187 Å². The normalized spacial score (nSPS) is 14.3. The minimum Gasteiger partial charge on any atom is -0.458 e. The van der Waals surface area contributed by atoms with Crippen LogP contribution in [0.4, 0.5) is 0 Å². The molecule has 3 heterocycles. The van der Waals surface area contributed by atoms with Crippen LogP contribution in [0.1, 0.15) is 59.5 Å². The highest BCUT2D eigenvalue weighted by Gasteiger charge is 2.20. The summed E-state index contributed by atoms with van der Waals surface area (Å²) in [6, 6.07) is 23.9. The van der Waals surface area contributed by atoms with Gasteiger partial charge in [-0.05, 0) is 106 Å². The van der Waals surface area contributed by atoms with Gasteiger partial charge in [-0.3, -0.25) is 13.7 Å². The molecule has 9 rings (SSSR count). The Kier molecular flexibility index (Phi) is 6.77. The lowest BCUT2D eigenvalue weighted by atomic mass is 9.86. The Labute approximate surface area is 349 Å². The number of pyridine rings is 1. The topological polar surface area (TPSA) is 35.9 Å². The van der Waals surface area contributed by atoms with Gasteiger partial charge in [0.05, 0.1) is 36.1 Å². The first-order valence-corrected chi connectivity index (χ1v) is 19.0. The van der Waals surface area contributed by atoms with Gasteiger partial charge in [0, 0.05) is 35.4 Å². The molecule has 0 radical (unpaired) electrons. The number of benzene rings is 6. The maximum absolute atomic E-state index is 8.86. The Bertz CT molecular complexity index is 3320. The van der Waals surface area contributed by atoms with Crippen molar-refractivity contribution < 1.29 is 23.0 Å². The van der Waals surface area contributed by atoms with Crippen LogP contribution in [-0.4, -0.2) is 14.1 Å². The molecule has 0 saturated heterocycles. The van der Waals surface area contributed by atoms with Crippen LogP contribution in [0.5, 0.6) is 11.5 Å². The number of imidazole rings is 1. The summed E-state index contributed by atoms with van der Waals surface area (Å²) >= 11 is 0. The molecule has 280 valence electrons. The van der Waals surface area contributed by atoms with Gasteiger partial charge in [-0.15, -0.1) is 0 Å². The molecule has 5 heteroatoms. The monoisotopic (exact) mass is 752 g/mol. The molecule has 57 heavy (non-hydrogen) atoms. The fraction of sp³-hybridized carbons (Fsp3) is 0.154. The van der Waals surface area contributed by atoms with Crippen molar-refractivity contribution in [1.82, 2.24) is 14.1 Å². The fourth-order valence-electron chi connectivity index (χ4n) is 7.35. The minimum absolute atomic E-state index is 0.0527. The zero-order chi connectivity index (χ0) is 47.8. The van der Waals surface area contributed by atoms with Crippen LogP contribution in [0.2, 0.25) is 0 Å². The molecular weight excluding hydrogens is 697 g/mol. The lowest BCUT2D eigenvalue weighted by Gasteiger charge is -2.19. The summed E-state index contributed by atoms with van der Waals surface area (Å²) < 4.78 is 97.6. The zero-order valence-electron chi connectivity index (χ0n) is 42.4. The van der Waals surface area contributed by atoms with Crippen molar-refractivity contribution in [2.45, 2.75) is 46.5 Å². The number of rotatable bonds is 9. The highest BCUT2D eigenvalue weighted by molar-refractivity contribution is 6.09. The highest BCUT2D eigenvalue weighted by Crippen LogP contribution is 2.38. The van der Waals surface area contributed by atoms with Crippen molar-refractivity contribution in [3.8, 4) is 50.9 Å². The number of fused-ring (bicyclic) bond motifs is 3. The predicted molar refractivity (Wildman–Crippen MR) is 233 cm³/mol. The molecular formula is C52H46N4O. The molecule has 0 saturated carbocycles. The minimum atomic E-state index is -0.560. The standard InChI is InChI=1S/C52H46N4O/c1-36(2)30-37-26-27-53-50(31-37)56-48-25-22-40(52(3,4)5)32-47(48)46-24-23-43(34-49(46)56)57-42-19-12-18-41(33-42)54-28-29-55(35-54)51-44(38-14-8-6-9-15-38)20-13-21-45(51)39-16-10-7-11-17-39/h6-29,31-34,36H,30H2,1-5H3/i6D,7D,8D,9D,10D,11D,14D,15D,16D,17D. The van der Waals surface area contributed by atoms with E-state index in [-0.39, 0.29) is 33.4 Å². The third-order valence-electron chi connectivity index (χ3n) is 10.0. The average molecular weight is 753 g/mol. The summed E-state index contributed by atoms with van der Waals surface area (Å²) in [6.07, 6.45) is 9.42. The lowest BCUT2D eigenvalue weighted by molar-refractivity contribution is -0.598. The summed E-state index contributed by atoms with van der Waals surface area (Å²) in [7, 11) is 0. The Balaban J connectivity index is 1.15. The lowest BCUT2D eigenvalue weighted by Crippen LogP contribution is -2.30. The molecule has 0 atom stereocenters. The number of ether oxygens (including phenoxy) is 1. The fourth-order valence-corrected chi connectivity index (χ4v) is 7.35. The Morgan fingerprint density at radius 3 is 2.14 bits per heavy atom. The average Bonchev–Trinajstić information content (AvgIpc) is 3.92. The molecule has 0 aliphatic rings. The van der Waals surface area contributed by atoms with Crippen LogP contribution >= 0.6 is 0 Å². The van der Waals surface area contributed by atoms with Gasteiger partial charge in [0.15, 0.2) is 0 Å². The van der Waals surface area contributed by atoms with Crippen LogP contribution in [0.3, 0.4) is 0 Å². The second-order valence-electron chi connectivity index (χ2n) is 15.6. The molecule has 9 aromatic rings. The molecule has 0 spiro atoms. The van der Waals surface area contributed by atoms with Crippen LogP contribution in [0.25, 0.3) is 61.3 Å². The van der Waals surface area contributed by atoms with E-state index in [1.54, 1.807) is 35.2 Å². The Hall–Kier alpha value is -6.72. The number of para-hydroxylation sites is 1. The first-order chi connectivity index (χ1) is 31.8. The van der Waals surface area contributed by atoms with Gasteiger partial charge in [-0.25, -0.2) is 4.98 Å². The second kappa shape index (κ2) is 14.7. The third-order valence-corrected chi connectivity index (χ3v) is 10.0. The molecule has 6 aromatic carbocycles. The quantitative estimate of drug-likeness (QED) is 0.109. The number of hydrogen-bond acceptors (Lipinski definition) is 2. The van der Waals surface area contributed by atoms with Crippen LogP contribution in [-0.2, 0) is 11.8 Å². The highest BCUT2D eigenvalue weighted by atomic mass is 16.5. The molecule has 0 fully saturated rings. The van der Waals surface area contributed by atoms with E-state index in [4.69, 9.17) is 23.4 Å². The summed E-state index contributed by atoms with van der Waals surface area (Å²) in [6.45, 7) is 11.0. The summed E-state index contributed by atoms with van der Waals surface area (Å²) in [5.41, 5.74) is 5.27. The maximum Gasteiger partial charge on any atom is 0.268 e. The van der Waals surface area contributed by atoms with Crippen LogP contribution < -0.4 is 9.30 Å².